The topological polar surface area (TPSA) is 95.6 Å². The van der Waals surface area contributed by atoms with E-state index in [1.807, 2.05) is 38.1 Å². The maximum Gasteiger partial charge on any atom is 0.277 e. The molecule has 0 spiro atoms. The van der Waals surface area contributed by atoms with Crippen LogP contribution < -0.4 is 10.2 Å². The van der Waals surface area contributed by atoms with E-state index < -0.39 is 5.91 Å². The Hall–Kier alpha value is -3.71. The van der Waals surface area contributed by atoms with E-state index in [0.29, 0.717) is 27.7 Å². The second-order valence-corrected chi connectivity index (χ2v) is 7.10. The first kappa shape index (κ1) is 22.0. The van der Waals surface area contributed by atoms with Gasteiger partial charge in [0, 0.05) is 5.56 Å². The monoisotopic (exact) mass is 436 g/mol. The third kappa shape index (κ3) is 6.13. The molecule has 2 N–H and O–H groups in total. The zero-order valence-electron chi connectivity index (χ0n) is 17.0. The Bertz CT molecular complexity index is 1130. The van der Waals surface area contributed by atoms with Crippen molar-refractivity contribution in [1.29, 1.82) is 0 Å². The van der Waals surface area contributed by atoms with Crippen LogP contribution in [0.1, 0.15) is 16.7 Å². The minimum Gasteiger partial charge on any atom is -0.507 e. The van der Waals surface area contributed by atoms with Gasteiger partial charge >= 0.3 is 0 Å². The van der Waals surface area contributed by atoms with Crippen molar-refractivity contribution in [2.24, 2.45) is 15.3 Å². The highest BCUT2D eigenvalue weighted by molar-refractivity contribution is 6.32. The summed E-state index contributed by atoms with van der Waals surface area (Å²) in [6, 6.07) is 17.5. The first-order chi connectivity index (χ1) is 14.9. The van der Waals surface area contributed by atoms with Gasteiger partial charge in [-0.05, 0) is 55.3 Å². The number of para-hydroxylation sites is 1. The summed E-state index contributed by atoms with van der Waals surface area (Å²) in [5.74, 6) is 0.241. The van der Waals surface area contributed by atoms with Gasteiger partial charge in [0.1, 0.15) is 17.2 Å². The fraction of sp³-hybridized carbons (Fsp3) is 0.130. The third-order valence-electron chi connectivity index (χ3n) is 4.29. The molecule has 3 aromatic carbocycles. The standard InChI is InChI=1S/C23H21ClN4O3/c1-15-6-5-7-16(2)23(15)31-14-22(30)28-25-13-17-12-18(10-11-21(17)29)26-27-20-9-4-3-8-19(20)24/h3-13,29H,14H2,1-2H3,(H,28,30)/b25-13-,27-26?. The Labute approximate surface area is 185 Å². The van der Waals surface area contributed by atoms with Crippen molar-refractivity contribution in [3.8, 4) is 11.5 Å². The number of nitrogens with one attached hydrogen (secondary N) is 1. The number of phenols is 1. The van der Waals surface area contributed by atoms with Gasteiger partial charge in [-0.15, -0.1) is 5.11 Å². The van der Waals surface area contributed by atoms with E-state index >= 15 is 0 Å². The number of amides is 1. The molecule has 8 heteroatoms. The number of halogens is 1. The molecule has 3 rings (SSSR count). The van der Waals surface area contributed by atoms with Crippen molar-refractivity contribution in [3.63, 3.8) is 0 Å². The quantitative estimate of drug-likeness (QED) is 0.286. The summed E-state index contributed by atoms with van der Waals surface area (Å²) < 4.78 is 5.59. The number of azo groups is 1. The van der Waals surface area contributed by atoms with Crippen molar-refractivity contribution in [2.75, 3.05) is 6.61 Å². The highest BCUT2D eigenvalue weighted by Crippen LogP contribution is 2.28. The van der Waals surface area contributed by atoms with Crippen LogP contribution in [-0.4, -0.2) is 23.8 Å². The van der Waals surface area contributed by atoms with E-state index in [0.717, 1.165) is 11.1 Å². The molecule has 1 amide bonds. The van der Waals surface area contributed by atoms with Crippen LogP contribution in [0.3, 0.4) is 0 Å². The number of aryl methyl sites for hydroxylation is 2. The van der Waals surface area contributed by atoms with Crippen LogP contribution in [0.4, 0.5) is 11.4 Å². The number of aromatic hydroxyl groups is 1. The Morgan fingerprint density at radius 1 is 1.06 bits per heavy atom. The SMILES string of the molecule is Cc1cccc(C)c1OCC(=O)N/N=C\c1cc(N=Nc2ccccc2Cl)ccc1O. The summed E-state index contributed by atoms with van der Waals surface area (Å²) in [5, 5.41) is 22.6. The van der Waals surface area contributed by atoms with Gasteiger partial charge in [-0.1, -0.05) is 41.9 Å². The smallest absolute Gasteiger partial charge is 0.277 e. The molecule has 7 nitrogen and oxygen atoms in total. The zero-order chi connectivity index (χ0) is 22.2. The van der Waals surface area contributed by atoms with E-state index in [-0.39, 0.29) is 12.4 Å². The molecule has 0 aliphatic carbocycles. The van der Waals surface area contributed by atoms with E-state index in [1.165, 1.54) is 12.3 Å². The molecule has 0 unspecified atom stereocenters. The fourth-order valence-electron chi connectivity index (χ4n) is 2.72. The van der Waals surface area contributed by atoms with E-state index in [9.17, 15) is 9.90 Å². The Balaban J connectivity index is 1.61. The average Bonchev–Trinajstić information content (AvgIpc) is 2.74. The number of hydrogen-bond acceptors (Lipinski definition) is 6. The molecule has 0 saturated carbocycles. The molecule has 0 saturated heterocycles. The van der Waals surface area contributed by atoms with Gasteiger partial charge in [-0.3, -0.25) is 4.79 Å². The van der Waals surface area contributed by atoms with Gasteiger partial charge in [-0.25, -0.2) is 5.43 Å². The van der Waals surface area contributed by atoms with Crippen molar-refractivity contribution >= 4 is 35.1 Å². The molecule has 0 radical (unpaired) electrons. The van der Waals surface area contributed by atoms with Crippen LogP contribution in [-0.2, 0) is 4.79 Å². The average molecular weight is 437 g/mol. The number of nitrogens with zero attached hydrogens (tertiary/aromatic N) is 3. The number of phenolic OH excluding ortho intramolecular Hbond substituents is 1. The first-order valence-corrected chi connectivity index (χ1v) is 9.82. The molecule has 0 aliphatic heterocycles. The molecule has 0 bridgehead atoms. The molecule has 158 valence electrons. The van der Waals surface area contributed by atoms with Crippen LogP contribution in [0, 0.1) is 13.8 Å². The Morgan fingerprint density at radius 3 is 2.55 bits per heavy atom. The number of rotatable bonds is 7. The number of carbonyl (C=O) groups is 1. The highest BCUT2D eigenvalue weighted by Gasteiger charge is 2.07. The second kappa shape index (κ2) is 10.4. The molecule has 0 atom stereocenters. The minimum atomic E-state index is -0.423. The Kier molecular flexibility index (Phi) is 7.35. The maximum absolute atomic E-state index is 12.0. The second-order valence-electron chi connectivity index (χ2n) is 6.70. The van der Waals surface area contributed by atoms with Crippen LogP contribution >= 0.6 is 11.6 Å². The van der Waals surface area contributed by atoms with Crippen molar-refractivity contribution in [2.45, 2.75) is 13.8 Å². The summed E-state index contributed by atoms with van der Waals surface area (Å²) in [4.78, 5) is 12.0. The lowest BCUT2D eigenvalue weighted by molar-refractivity contribution is -0.123. The summed E-state index contributed by atoms with van der Waals surface area (Å²) in [6.07, 6.45) is 1.32. The van der Waals surface area contributed by atoms with Gasteiger partial charge in [0.15, 0.2) is 6.61 Å². The molecule has 0 fully saturated rings. The number of benzene rings is 3. The van der Waals surface area contributed by atoms with Crippen LogP contribution in [0.15, 0.2) is 76.0 Å². The third-order valence-corrected chi connectivity index (χ3v) is 4.61. The molecular formula is C23H21ClN4O3. The van der Waals surface area contributed by atoms with Gasteiger partial charge in [0.25, 0.3) is 5.91 Å². The van der Waals surface area contributed by atoms with Crippen molar-refractivity contribution in [3.05, 3.63) is 82.4 Å². The van der Waals surface area contributed by atoms with E-state index in [1.54, 1.807) is 30.3 Å². The first-order valence-electron chi connectivity index (χ1n) is 9.44. The van der Waals surface area contributed by atoms with Crippen LogP contribution in [0.25, 0.3) is 0 Å². The van der Waals surface area contributed by atoms with Crippen molar-refractivity contribution < 1.29 is 14.6 Å². The predicted molar refractivity (Wildman–Crippen MR) is 121 cm³/mol. The molecule has 0 aromatic heterocycles. The number of ether oxygens (including phenoxy) is 1. The molecule has 0 aliphatic rings. The lowest BCUT2D eigenvalue weighted by Crippen LogP contribution is -2.25. The minimum absolute atomic E-state index is 0.0125. The van der Waals surface area contributed by atoms with Crippen molar-refractivity contribution in [1.82, 2.24) is 5.43 Å². The molecule has 0 heterocycles. The van der Waals surface area contributed by atoms with Gasteiger partial charge in [0.2, 0.25) is 0 Å². The maximum atomic E-state index is 12.0. The molecular weight excluding hydrogens is 416 g/mol. The fourth-order valence-corrected chi connectivity index (χ4v) is 2.90. The normalized spacial score (nSPS) is 11.2. The lowest BCUT2D eigenvalue weighted by Gasteiger charge is -2.10. The van der Waals surface area contributed by atoms with Crippen LogP contribution in [0.5, 0.6) is 11.5 Å². The zero-order valence-corrected chi connectivity index (χ0v) is 17.8. The Morgan fingerprint density at radius 2 is 1.81 bits per heavy atom. The van der Waals surface area contributed by atoms with Crippen LogP contribution in [0.2, 0.25) is 5.02 Å². The predicted octanol–water partition coefficient (Wildman–Crippen LogP) is 5.61. The van der Waals surface area contributed by atoms with Gasteiger partial charge in [0.05, 0.1) is 16.9 Å². The summed E-state index contributed by atoms with van der Waals surface area (Å²) in [7, 11) is 0. The summed E-state index contributed by atoms with van der Waals surface area (Å²) in [6.45, 7) is 3.65. The van der Waals surface area contributed by atoms with Gasteiger partial charge in [-0.2, -0.15) is 10.2 Å². The molecule has 3 aromatic rings. The summed E-state index contributed by atoms with van der Waals surface area (Å²) >= 11 is 6.06. The largest absolute Gasteiger partial charge is 0.507 e. The number of hydrogen-bond donors (Lipinski definition) is 2. The molecule has 31 heavy (non-hydrogen) atoms. The highest BCUT2D eigenvalue weighted by atomic mass is 35.5. The number of hydrazone groups is 1. The number of carbonyl (C=O) groups excluding carboxylic acids is 1. The van der Waals surface area contributed by atoms with E-state index in [4.69, 9.17) is 16.3 Å². The van der Waals surface area contributed by atoms with Gasteiger partial charge < -0.3 is 9.84 Å². The van der Waals surface area contributed by atoms with E-state index in [2.05, 4.69) is 20.8 Å². The summed E-state index contributed by atoms with van der Waals surface area (Å²) in [5.41, 5.74) is 5.66. The lowest BCUT2D eigenvalue weighted by atomic mass is 10.1.